The zero-order valence-electron chi connectivity index (χ0n) is 7.51. The third-order valence-corrected chi connectivity index (χ3v) is 3.21. The Hall–Kier alpha value is -0.610. The lowest BCUT2D eigenvalue weighted by Crippen LogP contribution is -2.09. The second kappa shape index (κ2) is 4.75. The van der Waals surface area contributed by atoms with Gasteiger partial charge in [0.05, 0.1) is 0 Å². The summed E-state index contributed by atoms with van der Waals surface area (Å²) >= 11 is 1.60. The van der Waals surface area contributed by atoms with E-state index >= 15 is 0 Å². The number of thiophene rings is 1. The van der Waals surface area contributed by atoms with Crippen LogP contribution in [0.4, 0.5) is 0 Å². The molecular weight excluding hydrogens is 218 g/mol. The summed E-state index contributed by atoms with van der Waals surface area (Å²) < 4.78 is 1.20. The van der Waals surface area contributed by atoms with E-state index in [4.69, 9.17) is 5.73 Å². The summed E-state index contributed by atoms with van der Waals surface area (Å²) in [6.45, 7) is 0.285. The molecule has 14 heavy (non-hydrogen) atoms. The predicted molar refractivity (Wildman–Crippen MR) is 63.1 cm³/mol. The quantitative estimate of drug-likeness (QED) is 0.830. The first kappa shape index (κ1) is 11.5. The summed E-state index contributed by atoms with van der Waals surface area (Å²) in [6, 6.07) is 10.1. The average Bonchev–Trinajstić information content (AvgIpc) is 2.59. The number of hydrogen-bond donors (Lipinski definition) is 2. The topological polar surface area (TPSA) is 46.2 Å². The molecule has 2 aromatic rings. The van der Waals surface area contributed by atoms with Crippen LogP contribution in [-0.2, 0) is 0 Å². The highest BCUT2D eigenvalue weighted by Crippen LogP contribution is 2.29. The molecule has 1 aromatic heterocycles. The van der Waals surface area contributed by atoms with E-state index in [0.29, 0.717) is 0 Å². The van der Waals surface area contributed by atoms with Crippen LogP contribution in [0.5, 0.6) is 0 Å². The minimum atomic E-state index is -0.516. The maximum atomic E-state index is 9.52. The van der Waals surface area contributed by atoms with E-state index in [9.17, 15) is 5.11 Å². The van der Waals surface area contributed by atoms with Gasteiger partial charge in [0.25, 0.3) is 0 Å². The lowest BCUT2D eigenvalue weighted by molar-refractivity contribution is 0.190. The van der Waals surface area contributed by atoms with Gasteiger partial charge in [0, 0.05) is 16.1 Å². The van der Waals surface area contributed by atoms with Crippen LogP contribution in [0, 0.1) is 0 Å². The highest BCUT2D eigenvalue weighted by atomic mass is 35.5. The molecule has 0 unspecified atom stereocenters. The van der Waals surface area contributed by atoms with Gasteiger partial charge in [-0.1, -0.05) is 18.2 Å². The molecule has 0 spiro atoms. The molecule has 1 aromatic carbocycles. The number of aliphatic hydroxyl groups excluding tert-OH is 1. The highest BCUT2D eigenvalue weighted by Gasteiger charge is 2.08. The van der Waals surface area contributed by atoms with Crippen LogP contribution < -0.4 is 5.73 Å². The molecule has 0 bridgehead atoms. The van der Waals surface area contributed by atoms with E-state index in [1.54, 1.807) is 11.3 Å². The van der Waals surface area contributed by atoms with E-state index in [1.165, 1.54) is 10.1 Å². The molecule has 4 heteroatoms. The van der Waals surface area contributed by atoms with Crippen molar-refractivity contribution in [3.63, 3.8) is 0 Å². The lowest BCUT2D eigenvalue weighted by Gasteiger charge is -2.01. The minimum Gasteiger partial charge on any atom is -0.386 e. The van der Waals surface area contributed by atoms with Gasteiger partial charge < -0.3 is 10.8 Å². The van der Waals surface area contributed by atoms with Crippen molar-refractivity contribution in [1.29, 1.82) is 0 Å². The van der Waals surface area contributed by atoms with Crippen molar-refractivity contribution in [3.05, 3.63) is 35.2 Å². The van der Waals surface area contributed by atoms with Gasteiger partial charge in [0.2, 0.25) is 0 Å². The molecule has 0 fully saturated rings. The second-order valence-corrected chi connectivity index (χ2v) is 4.05. The van der Waals surface area contributed by atoms with Crippen LogP contribution in [0.25, 0.3) is 10.1 Å². The molecular formula is C10H12ClNOS. The van der Waals surface area contributed by atoms with Crippen LogP contribution in [0.2, 0.25) is 0 Å². The van der Waals surface area contributed by atoms with E-state index in [-0.39, 0.29) is 19.0 Å². The number of fused-ring (bicyclic) bond motifs is 1. The van der Waals surface area contributed by atoms with Gasteiger partial charge in [-0.05, 0) is 17.5 Å². The average molecular weight is 230 g/mol. The van der Waals surface area contributed by atoms with E-state index in [2.05, 4.69) is 0 Å². The maximum absolute atomic E-state index is 9.52. The Kier molecular flexibility index (Phi) is 3.89. The molecule has 0 aliphatic heterocycles. The van der Waals surface area contributed by atoms with Gasteiger partial charge in [-0.25, -0.2) is 0 Å². The molecule has 0 saturated heterocycles. The molecule has 0 saturated carbocycles. The standard InChI is InChI=1S/C10H11NOS.ClH/c11-6-8(12)10-5-7-3-1-2-4-9(7)13-10;/h1-5,8,12H,6,11H2;1H/t8-;/m0./s1. The number of aliphatic hydroxyl groups is 1. The Bertz CT molecular complexity index is 382. The fourth-order valence-electron chi connectivity index (χ4n) is 1.28. The Labute approximate surface area is 92.8 Å². The molecule has 1 atom stereocenters. The number of halogens is 1. The SMILES string of the molecule is Cl.NC[C@H](O)c1cc2ccccc2s1. The summed E-state index contributed by atoms with van der Waals surface area (Å²) in [5, 5.41) is 10.7. The fraction of sp³-hybridized carbons (Fsp3) is 0.200. The highest BCUT2D eigenvalue weighted by molar-refractivity contribution is 7.19. The van der Waals surface area contributed by atoms with Crippen LogP contribution in [0.15, 0.2) is 30.3 Å². The van der Waals surface area contributed by atoms with Crippen molar-refractivity contribution in [3.8, 4) is 0 Å². The summed E-state index contributed by atoms with van der Waals surface area (Å²) in [7, 11) is 0. The van der Waals surface area contributed by atoms with Crippen LogP contribution in [0.1, 0.15) is 11.0 Å². The smallest absolute Gasteiger partial charge is 0.100 e. The number of nitrogens with two attached hydrogens (primary N) is 1. The van der Waals surface area contributed by atoms with Gasteiger partial charge in [-0.3, -0.25) is 0 Å². The monoisotopic (exact) mass is 229 g/mol. The van der Waals surface area contributed by atoms with Crippen molar-refractivity contribution in [2.45, 2.75) is 6.10 Å². The molecule has 0 aliphatic rings. The van der Waals surface area contributed by atoms with Gasteiger partial charge in [-0.15, -0.1) is 23.7 Å². The molecule has 0 amide bonds. The van der Waals surface area contributed by atoms with Crippen molar-refractivity contribution in [1.82, 2.24) is 0 Å². The van der Waals surface area contributed by atoms with E-state index in [1.807, 2.05) is 30.3 Å². The molecule has 76 valence electrons. The third kappa shape index (κ3) is 2.07. The molecule has 0 radical (unpaired) electrons. The Morgan fingerprint density at radius 3 is 2.71 bits per heavy atom. The molecule has 2 nitrogen and oxygen atoms in total. The Morgan fingerprint density at radius 2 is 2.07 bits per heavy atom. The van der Waals surface area contributed by atoms with Crippen molar-refractivity contribution in [2.75, 3.05) is 6.54 Å². The number of benzene rings is 1. The Morgan fingerprint density at radius 1 is 1.36 bits per heavy atom. The zero-order valence-corrected chi connectivity index (χ0v) is 9.15. The first-order valence-electron chi connectivity index (χ1n) is 4.18. The minimum absolute atomic E-state index is 0. The van der Waals surface area contributed by atoms with Crippen LogP contribution in [0.3, 0.4) is 0 Å². The van der Waals surface area contributed by atoms with E-state index in [0.717, 1.165) is 4.88 Å². The summed E-state index contributed by atoms with van der Waals surface area (Å²) in [6.07, 6.45) is -0.516. The van der Waals surface area contributed by atoms with Gasteiger partial charge >= 0.3 is 0 Å². The summed E-state index contributed by atoms with van der Waals surface area (Å²) in [5.74, 6) is 0. The first-order valence-corrected chi connectivity index (χ1v) is 4.99. The number of rotatable bonds is 2. The summed E-state index contributed by atoms with van der Waals surface area (Å²) in [4.78, 5) is 0.948. The third-order valence-electron chi connectivity index (χ3n) is 2.00. The predicted octanol–water partition coefficient (Wildman–Crippen LogP) is 2.32. The van der Waals surface area contributed by atoms with Crippen molar-refractivity contribution >= 4 is 33.8 Å². The second-order valence-electron chi connectivity index (χ2n) is 2.94. The normalized spacial score (nSPS) is 12.4. The van der Waals surface area contributed by atoms with Gasteiger partial charge in [0.1, 0.15) is 6.10 Å². The fourth-order valence-corrected chi connectivity index (χ4v) is 2.35. The maximum Gasteiger partial charge on any atom is 0.100 e. The summed E-state index contributed by atoms with van der Waals surface area (Å²) in [5.41, 5.74) is 5.38. The Balaban J connectivity index is 0.000000980. The van der Waals surface area contributed by atoms with Gasteiger partial charge in [-0.2, -0.15) is 0 Å². The lowest BCUT2D eigenvalue weighted by atomic mass is 10.2. The molecule has 3 N–H and O–H groups in total. The van der Waals surface area contributed by atoms with Crippen LogP contribution in [-0.4, -0.2) is 11.7 Å². The van der Waals surface area contributed by atoms with Crippen molar-refractivity contribution in [2.24, 2.45) is 5.73 Å². The zero-order chi connectivity index (χ0) is 9.26. The van der Waals surface area contributed by atoms with E-state index < -0.39 is 6.10 Å². The first-order chi connectivity index (χ1) is 6.31. The molecule has 1 heterocycles. The largest absolute Gasteiger partial charge is 0.386 e. The molecule has 0 aliphatic carbocycles. The van der Waals surface area contributed by atoms with Crippen molar-refractivity contribution < 1.29 is 5.11 Å². The number of hydrogen-bond acceptors (Lipinski definition) is 3. The van der Waals surface area contributed by atoms with Crippen LogP contribution >= 0.6 is 23.7 Å². The van der Waals surface area contributed by atoms with Gasteiger partial charge in [0.15, 0.2) is 0 Å². The molecule has 2 rings (SSSR count).